The highest BCUT2D eigenvalue weighted by Gasteiger charge is 2.16. The third-order valence-electron chi connectivity index (χ3n) is 8.81. The average molecular weight is 597 g/mol. The second-order valence-corrected chi connectivity index (χ2v) is 12.1. The van der Waals surface area contributed by atoms with Gasteiger partial charge in [0.05, 0.1) is 0 Å². The fourth-order valence-corrected chi connectivity index (χ4v) is 6.57. The molecule has 0 saturated carbocycles. The van der Waals surface area contributed by atoms with E-state index in [9.17, 15) is 0 Å². The largest absolute Gasteiger partial charge is 0.310 e. The maximum atomic E-state index is 2.35. The first-order valence-corrected chi connectivity index (χ1v) is 16.6. The molecule has 7 rings (SSSR count). The van der Waals surface area contributed by atoms with Gasteiger partial charge in [0.2, 0.25) is 0 Å². The molecule has 0 heterocycles. The minimum absolute atomic E-state index is 1.10. The second kappa shape index (κ2) is 13.3. The number of hydrogen-bond acceptors (Lipinski definition) is 2. The Labute approximate surface area is 273 Å². The van der Waals surface area contributed by atoms with E-state index in [1.807, 2.05) is 0 Å². The fourth-order valence-electron chi connectivity index (χ4n) is 6.57. The van der Waals surface area contributed by atoms with Crippen LogP contribution in [0.4, 0.5) is 34.1 Å². The van der Waals surface area contributed by atoms with E-state index in [0.717, 1.165) is 48.4 Å². The smallest absolute Gasteiger partial charge is 0.0468 e. The molecule has 0 aromatic heterocycles. The van der Waals surface area contributed by atoms with E-state index in [2.05, 4.69) is 181 Å². The van der Waals surface area contributed by atoms with E-state index >= 15 is 0 Å². The predicted octanol–water partition coefficient (Wildman–Crippen LogP) is 12.8. The lowest BCUT2D eigenvalue weighted by molar-refractivity contribution is 0.922. The van der Waals surface area contributed by atoms with Gasteiger partial charge in [-0.15, -0.1) is 0 Å². The quantitative estimate of drug-likeness (QED) is 0.145. The first-order chi connectivity index (χ1) is 22.7. The summed E-state index contributed by atoms with van der Waals surface area (Å²) in [6.07, 6.45) is 4.51. The van der Waals surface area contributed by atoms with E-state index in [0.29, 0.717) is 0 Å². The summed E-state index contributed by atoms with van der Waals surface area (Å²) in [6.45, 7) is 4.46. The first-order valence-electron chi connectivity index (χ1n) is 16.6. The van der Waals surface area contributed by atoms with Gasteiger partial charge in [0, 0.05) is 34.1 Å². The fraction of sp³-hybridized carbons (Fsp3) is 0.136. The Morgan fingerprint density at radius 3 is 1.07 bits per heavy atom. The minimum Gasteiger partial charge on any atom is -0.310 e. The Hall–Kier alpha value is -5.34. The van der Waals surface area contributed by atoms with Crippen LogP contribution < -0.4 is 9.80 Å². The van der Waals surface area contributed by atoms with Crippen molar-refractivity contribution in [3.63, 3.8) is 0 Å². The van der Waals surface area contributed by atoms with Crippen molar-refractivity contribution in [2.24, 2.45) is 0 Å². The highest BCUT2D eigenvalue weighted by Crippen LogP contribution is 2.40. The number of fused-ring (bicyclic) bond motifs is 3. The van der Waals surface area contributed by atoms with Crippen molar-refractivity contribution in [3.05, 3.63) is 169 Å². The van der Waals surface area contributed by atoms with Crippen LogP contribution >= 0.6 is 0 Å². The molecule has 46 heavy (non-hydrogen) atoms. The number of anilines is 6. The van der Waals surface area contributed by atoms with Crippen LogP contribution in [-0.4, -0.2) is 0 Å². The lowest BCUT2D eigenvalue weighted by Crippen LogP contribution is -2.10. The van der Waals surface area contributed by atoms with Gasteiger partial charge in [-0.2, -0.15) is 0 Å². The number of rotatable bonds is 10. The van der Waals surface area contributed by atoms with Crippen molar-refractivity contribution < 1.29 is 0 Å². The van der Waals surface area contributed by atoms with Gasteiger partial charge >= 0.3 is 0 Å². The Kier molecular flexibility index (Phi) is 8.52. The molecule has 0 saturated heterocycles. The number of para-hydroxylation sites is 2. The molecule has 0 aliphatic carbocycles. The van der Waals surface area contributed by atoms with Crippen molar-refractivity contribution in [1.82, 2.24) is 0 Å². The van der Waals surface area contributed by atoms with Gasteiger partial charge in [-0.25, -0.2) is 0 Å². The van der Waals surface area contributed by atoms with Gasteiger partial charge in [0.15, 0.2) is 0 Å². The van der Waals surface area contributed by atoms with Crippen LogP contribution in [0.3, 0.4) is 0 Å². The SMILES string of the molecule is CCCc1ccc(N(c2ccccc2)c2ccc3c(ccc4cc(N(c5ccccc5)c5ccc(CCC)cc5)ccc43)c2)cc1. The first kappa shape index (κ1) is 29.4. The molecule has 0 spiro atoms. The molecule has 2 heteroatoms. The van der Waals surface area contributed by atoms with Gasteiger partial charge in [0.25, 0.3) is 0 Å². The zero-order valence-corrected chi connectivity index (χ0v) is 26.7. The molecule has 2 nitrogen and oxygen atoms in total. The summed E-state index contributed by atoms with van der Waals surface area (Å²) in [4.78, 5) is 4.71. The molecule has 226 valence electrons. The van der Waals surface area contributed by atoms with Crippen LogP contribution in [0.2, 0.25) is 0 Å². The van der Waals surface area contributed by atoms with Crippen LogP contribution in [0.15, 0.2) is 158 Å². The summed E-state index contributed by atoms with van der Waals surface area (Å²) in [5.74, 6) is 0. The monoisotopic (exact) mass is 596 g/mol. The number of hydrogen-bond donors (Lipinski definition) is 0. The van der Waals surface area contributed by atoms with Gasteiger partial charge in [-0.3, -0.25) is 0 Å². The van der Waals surface area contributed by atoms with Crippen LogP contribution in [0.5, 0.6) is 0 Å². The molecule has 0 aliphatic rings. The van der Waals surface area contributed by atoms with E-state index in [1.165, 1.54) is 44.0 Å². The normalized spacial score (nSPS) is 11.2. The van der Waals surface area contributed by atoms with E-state index in [-0.39, 0.29) is 0 Å². The number of aryl methyl sites for hydroxylation is 2. The van der Waals surface area contributed by atoms with E-state index in [1.54, 1.807) is 0 Å². The summed E-state index contributed by atoms with van der Waals surface area (Å²) >= 11 is 0. The molecule has 0 atom stereocenters. The van der Waals surface area contributed by atoms with Gasteiger partial charge in [0.1, 0.15) is 0 Å². The highest BCUT2D eigenvalue weighted by molar-refractivity contribution is 6.09. The molecular formula is C44H40N2. The standard InChI is InChI=1S/C44H40N2/c1-3-11-33-17-23-39(24-18-33)45(37-13-7-5-8-14-37)41-27-29-43-35(31-41)21-22-36-32-42(28-30-44(36)43)46(38-15-9-6-10-16-38)40-25-19-34(12-4-2)20-26-40/h5-10,13-32H,3-4,11-12H2,1-2H3. The van der Waals surface area contributed by atoms with Gasteiger partial charge in [-0.05, 0) is 118 Å². The molecule has 0 fully saturated rings. The molecule has 0 N–H and O–H groups in total. The Balaban J connectivity index is 1.28. The third-order valence-corrected chi connectivity index (χ3v) is 8.81. The average Bonchev–Trinajstić information content (AvgIpc) is 3.11. The maximum absolute atomic E-state index is 2.35. The van der Waals surface area contributed by atoms with Crippen molar-refractivity contribution >= 4 is 55.7 Å². The molecule has 0 bridgehead atoms. The third kappa shape index (κ3) is 5.99. The van der Waals surface area contributed by atoms with Gasteiger partial charge < -0.3 is 9.80 Å². The minimum atomic E-state index is 1.10. The highest BCUT2D eigenvalue weighted by atomic mass is 15.1. The number of benzene rings is 7. The van der Waals surface area contributed by atoms with Crippen molar-refractivity contribution in [1.29, 1.82) is 0 Å². The summed E-state index contributed by atoms with van der Waals surface area (Å²) in [5.41, 5.74) is 9.70. The Morgan fingerprint density at radius 2 is 0.696 bits per heavy atom. The van der Waals surface area contributed by atoms with Crippen molar-refractivity contribution in [2.75, 3.05) is 9.80 Å². The lowest BCUT2D eigenvalue weighted by Gasteiger charge is -2.27. The summed E-state index contributed by atoms with van der Waals surface area (Å²) in [6, 6.07) is 57.7. The van der Waals surface area contributed by atoms with Crippen LogP contribution in [0.25, 0.3) is 21.5 Å². The Bertz CT molecular complexity index is 1900. The van der Waals surface area contributed by atoms with Crippen molar-refractivity contribution in [2.45, 2.75) is 39.5 Å². The topological polar surface area (TPSA) is 6.48 Å². The zero-order valence-electron chi connectivity index (χ0n) is 26.7. The zero-order chi connectivity index (χ0) is 31.3. The molecule has 0 amide bonds. The van der Waals surface area contributed by atoms with E-state index < -0.39 is 0 Å². The van der Waals surface area contributed by atoms with E-state index in [4.69, 9.17) is 0 Å². The Morgan fingerprint density at radius 1 is 0.348 bits per heavy atom. The molecule has 7 aromatic carbocycles. The number of nitrogens with zero attached hydrogens (tertiary/aromatic N) is 2. The molecular weight excluding hydrogens is 556 g/mol. The summed E-state index contributed by atoms with van der Waals surface area (Å²) in [5, 5.41) is 4.98. The molecule has 0 radical (unpaired) electrons. The predicted molar refractivity (Wildman–Crippen MR) is 199 cm³/mol. The second-order valence-electron chi connectivity index (χ2n) is 12.1. The molecule has 0 aliphatic heterocycles. The maximum Gasteiger partial charge on any atom is 0.0468 e. The molecule has 0 unspecified atom stereocenters. The summed E-state index contributed by atoms with van der Waals surface area (Å²) in [7, 11) is 0. The van der Waals surface area contributed by atoms with Crippen LogP contribution in [0, 0.1) is 0 Å². The molecule has 7 aromatic rings. The van der Waals surface area contributed by atoms with Gasteiger partial charge in [-0.1, -0.05) is 112 Å². The van der Waals surface area contributed by atoms with Crippen LogP contribution in [-0.2, 0) is 12.8 Å². The van der Waals surface area contributed by atoms with Crippen LogP contribution in [0.1, 0.15) is 37.8 Å². The van der Waals surface area contributed by atoms with Crippen molar-refractivity contribution in [3.8, 4) is 0 Å². The lowest BCUT2D eigenvalue weighted by atomic mass is 10.00. The summed E-state index contributed by atoms with van der Waals surface area (Å²) < 4.78 is 0.